The molecule has 0 aliphatic carbocycles. The zero-order valence-electron chi connectivity index (χ0n) is 11.4. The highest BCUT2D eigenvalue weighted by molar-refractivity contribution is 5.47. The Morgan fingerprint density at radius 3 is 2.65 bits per heavy atom. The van der Waals surface area contributed by atoms with Crippen molar-refractivity contribution in [2.24, 2.45) is 4.99 Å². The van der Waals surface area contributed by atoms with Gasteiger partial charge in [0.05, 0.1) is 17.7 Å². The van der Waals surface area contributed by atoms with E-state index < -0.39 is 0 Å². The second-order valence-corrected chi connectivity index (χ2v) is 4.46. The average Bonchev–Trinajstić information content (AvgIpc) is 2.49. The first-order valence-electron chi connectivity index (χ1n) is 6.70. The van der Waals surface area contributed by atoms with E-state index in [1.165, 1.54) is 0 Å². The first-order chi connectivity index (χ1) is 9.85. The molecule has 0 N–H and O–H groups in total. The van der Waals surface area contributed by atoms with E-state index in [1.54, 1.807) is 0 Å². The number of fused-ring (bicyclic) bond motifs is 1. The lowest BCUT2D eigenvalue weighted by molar-refractivity contribution is 0.340. The summed E-state index contributed by atoms with van der Waals surface area (Å²) in [5.41, 5.74) is 2.05. The number of aromatic nitrogens is 1. The van der Waals surface area contributed by atoms with E-state index in [9.17, 15) is 0 Å². The molecule has 0 atom stereocenters. The predicted molar refractivity (Wildman–Crippen MR) is 80.2 cm³/mol. The van der Waals surface area contributed by atoms with Gasteiger partial charge in [-0.2, -0.15) is 0 Å². The van der Waals surface area contributed by atoms with Crippen molar-refractivity contribution in [3.63, 3.8) is 0 Å². The van der Waals surface area contributed by atoms with Gasteiger partial charge in [0, 0.05) is 17.9 Å². The van der Waals surface area contributed by atoms with Gasteiger partial charge in [0.1, 0.15) is 5.75 Å². The Kier molecular flexibility index (Phi) is 3.50. The Bertz CT molecular complexity index is 773. The minimum absolute atomic E-state index is 0.679. The van der Waals surface area contributed by atoms with Gasteiger partial charge in [-0.3, -0.25) is 0 Å². The predicted octanol–water partition coefficient (Wildman–Crippen LogP) is 3.57. The van der Waals surface area contributed by atoms with Crippen molar-refractivity contribution < 1.29 is 4.74 Å². The molecular formula is C17H16N2O. The highest BCUT2D eigenvalue weighted by Crippen LogP contribution is 2.17. The van der Waals surface area contributed by atoms with Crippen molar-refractivity contribution in [1.82, 2.24) is 4.40 Å². The van der Waals surface area contributed by atoms with Gasteiger partial charge < -0.3 is 9.14 Å². The molecule has 0 spiro atoms. The van der Waals surface area contributed by atoms with Crippen LogP contribution in [-0.2, 0) is 0 Å². The van der Waals surface area contributed by atoms with Gasteiger partial charge in [-0.25, -0.2) is 4.99 Å². The van der Waals surface area contributed by atoms with E-state index in [1.807, 2.05) is 61.8 Å². The maximum atomic E-state index is 5.42. The lowest BCUT2D eigenvalue weighted by atomic mass is 10.3. The Morgan fingerprint density at radius 1 is 1.00 bits per heavy atom. The number of hydrogen-bond donors (Lipinski definition) is 0. The molecule has 0 radical (unpaired) electrons. The third-order valence-corrected chi connectivity index (χ3v) is 3.03. The summed E-state index contributed by atoms with van der Waals surface area (Å²) in [5, 5.41) is 0.945. The molecule has 0 bridgehead atoms. The molecule has 1 aromatic carbocycles. The molecular weight excluding hydrogens is 248 g/mol. The van der Waals surface area contributed by atoms with Crippen LogP contribution in [0.5, 0.6) is 5.75 Å². The van der Waals surface area contributed by atoms with E-state index in [4.69, 9.17) is 4.74 Å². The Hall–Kier alpha value is -2.55. The normalized spacial score (nSPS) is 11.8. The summed E-state index contributed by atoms with van der Waals surface area (Å²) >= 11 is 0. The zero-order chi connectivity index (χ0) is 13.8. The van der Waals surface area contributed by atoms with Crippen LogP contribution in [0.4, 0.5) is 5.69 Å². The molecule has 0 saturated carbocycles. The van der Waals surface area contributed by atoms with Crippen LogP contribution in [0.3, 0.4) is 0 Å². The fraction of sp³-hybridized carbons (Fsp3) is 0.118. The number of nitrogens with zero attached hydrogens (tertiary/aromatic N) is 2. The molecule has 2 heterocycles. The van der Waals surface area contributed by atoms with Crippen LogP contribution in [-0.4, -0.2) is 11.0 Å². The highest BCUT2D eigenvalue weighted by atomic mass is 16.5. The molecule has 100 valence electrons. The molecule has 0 amide bonds. The van der Waals surface area contributed by atoms with Crippen molar-refractivity contribution in [3.05, 3.63) is 72.3 Å². The van der Waals surface area contributed by atoms with Gasteiger partial charge in [0.2, 0.25) is 0 Å². The molecule has 3 rings (SSSR count). The molecule has 0 aliphatic rings. The van der Waals surface area contributed by atoms with Gasteiger partial charge in [0.25, 0.3) is 0 Å². The molecule has 2 aromatic heterocycles. The fourth-order valence-corrected chi connectivity index (χ4v) is 2.09. The van der Waals surface area contributed by atoms with E-state index in [-0.39, 0.29) is 0 Å². The Morgan fingerprint density at radius 2 is 1.85 bits per heavy atom. The number of benzene rings is 1. The first-order valence-corrected chi connectivity index (χ1v) is 6.70. The maximum Gasteiger partial charge on any atom is 0.119 e. The quantitative estimate of drug-likeness (QED) is 0.710. The smallest absolute Gasteiger partial charge is 0.119 e. The lowest BCUT2D eigenvalue weighted by Crippen LogP contribution is -2.01. The zero-order valence-corrected chi connectivity index (χ0v) is 11.4. The van der Waals surface area contributed by atoms with E-state index >= 15 is 0 Å². The van der Waals surface area contributed by atoms with Crippen LogP contribution >= 0.6 is 0 Å². The van der Waals surface area contributed by atoms with E-state index in [2.05, 4.69) is 21.5 Å². The Balaban J connectivity index is 1.96. The molecule has 20 heavy (non-hydrogen) atoms. The molecule has 0 fully saturated rings. The van der Waals surface area contributed by atoms with Gasteiger partial charge in [0.15, 0.2) is 0 Å². The Labute approximate surface area is 117 Å². The van der Waals surface area contributed by atoms with Crippen molar-refractivity contribution in [2.45, 2.75) is 6.92 Å². The largest absolute Gasteiger partial charge is 0.494 e. The fourth-order valence-electron chi connectivity index (χ4n) is 2.09. The maximum absolute atomic E-state index is 5.42. The summed E-state index contributed by atoms with van der Waals surface area (Å²) in [6.45, 7) is 2.66. The van der Waals surface area contributed by atoms with Gasteiger partial charge in [-0.05, 0) is 55.5 Å². The van der Waals surface area contributed by atoms with Crippen LogP contribution in [0.25, 0.3) is 5.52 Å². The third kappa shape index (κ3) is 2.72. The number of rotatable bonds is 3. The van der Waals surface area contributed by atoms with Gasteiger partial charge in [-0.1, -0.05) is 6.07 Å². The molecule has 0 aliphatic heterocycles. The first kappa shape index (κ1) is 12.5. The lowest BCUT2D eigenvalue weighted by Gasteiger charge is -2.02. The molecule has 0 saturated heterocycles. The van der Waals surface area contributed by atoms with Crippen molar-refractivity contribution in [2.75, 3.05) is 6.61 Å². The topological polar surface area (TPSA) is 26.0 Å². The summed E-state index contributed by atoms with van der Waals surface area (Å²) in [6, 6.07) is 18.0. The monoisotopic (exact) mass is 264 g/mol. The van der Waals surface area contributed by atoms with Crippen LogP contribution in [0.2, 0.25) is 0 Å². The summed E-state index contributed by atoms with van der Waals surface area (Å²) in [7, 11) is 0. The van der Waals surface area contributed by atoms with Crippen LogP contribution in [0.1, 0.15) is 6.92 Å². The van der Waals surface area contributed by atoms with Crippen molar-refractivity contribution in [3.8, 4) is 5.75 Å². The minimum Gasteiger partial charge on any atom is -0.494 e. The number of hydrogen-bond acceptors (Lipinski definition) is 2. The average molecular weight is 264 g/mol. The minimum atomic E-state index is 0.679. The van der Waals surface area contributed by atoms with Crippen LogP contribution in [0.15, 0.2) is 72.0 Å². The molecule has 3 heteroatoms. The summed E-state index contributed by atoms with van der Waals surface area (Å²) in [5.74, 6) is 0.875. The summed E-state index contributed by atoms with van der Waals surface area (Å²) in [4.78, 5) is 4.62. The van der Waals surface area contributed by atoms with Crippen molar-refractivity contribution >= 4 is 11.2 Å². The number of ether oxygens (including phenoxy) is 1. The third-order valence-electron chi connectivity index (χ3n) is 3.03. The van der Waals surface area contributed by atoms with Crippen LogP contribution < -0.4 is 10.1 Å². The standard InChI is InChI=1S/C17H16N2O/c1-2-20-17-8-6-14(7-9-17)18-15-10-12-19-11-4-3-5-16(19)13-15/h3-13H,2H2,1H3. The second-order valence-electron chi connectivity index (χ2n) is 4.46. The molecule has 3 aromatic rings. The van der Waals surface area contributed by atoms with Gasteiger partial charge >= 0.3 is 0 Å². The molecule has 0 unspecified atom stereocenters. The SMILES string of the molecule is CCOc1ccc(N=c2ccn3ccccc3c2)cc1. The second kappa shape index (κ2) is 5.61. The van der Waals surface area contributed by atoms with E-state index in [0.717, 1.165) is 22.3 Å². The molecule has 3 nitrogen and oxygen atoms in total. The van der Waals surface area contributed by atoms with Crippen LogP contribution in [0, 0.1) is 0 Å². The summed E-state index contributed by atoms with van der Waals surface area (Å²) in [6.07, 6.45) is 4.04. The number of pyridine rings is 2. The van der Waals surface area contributed by atoms with Crippen molar-refractivity contribution in [1.29, 1.82) is 0 Å². The summed E-state index contributed by atoms with van der Waals surface area (Å²) < 4.78 is 7.49. The highest BCUT2D eigenvalue weighted by Gasteiger charge is 1.94. The van der Waals surface area contributed by atoms with Gasteiger partial charge in [-0.15, -0.1) is 0 Å². The van der Waals surface area contributed by atoms with E-state index in [0.29, 0.717) is 6.61 Å².